The molecule has 1 aliphatic heterocycles. The van der Waals surface area contributed by atoms with Gasteiger partial charge in [0.2, 0.25) is 0 Å². The summed E-state index contributed by atoms with van der Waals surface area (Å²) in [6.45, 7) is 6.40. The Kier molecular flexibility index (Phi) is 5.71. The van der Waals surface area contributed by atoms with E-state index in [0.717, 1.165) is 51.0 Å². The Morgan fingerprint density at radius 1 is 1.12 bits per heavy atom. The van der Waals surface area contributed by atoms with Crippen LogP contribution >= 0.6 is 22.7 Å². The highest BCUT2D eigenvalue weighted by Crippen LogP contribution is 2.46. The maximum atomic E-state index is 13.1. The van der Waals surface area contributed by atoms with Gasteiger partial charge in [-0.1, -0.05) is 12.1 Å². The number of anilines is 1. The highest BCUT2D eigenvalue weighted by Gasteiger charge is 2.28. The fraction of sp³-hybridized carbons (Fsp3) is 0.280. The largest absolute Gasteiger partial charge is 0.497 e. The van der Waals surface area contributed by atoms with Crippen LogP contribution in [0.1, 0.15) is 34.6 Å². The van der Waals surface area contributed by atoms with Crippen molar-refractivity contribution in [3.8, 4) is 16.3 Å². The van der Waals surface area contributed by atoms with Crippen LogP contribution in [0.4, 0.5) is 5.00 Å². The van der Waals surface area contributed by atoms with E-state index in [4.69, 9.17) is 9.72 Å². The predicted molar refractivity (Wildman–Crippen MR) is 133 cm³/mol. The third-order valence-electron chi connectivity index (χ3n) is 5.90. The number of hydrogen-bond acceptors (Lipinski definition) is 6. The zero-order chi connectivity index (χ0) is 22.2. The number of thiophene rings is 1. The normalized spacial score (nSPS) is 14.0. The van der Waals surface area contributed by atoms with Crippen LogP contribution in [0.25, 0.3) is 20.8 Å². The zero-order valence-corrected chi connectivity index (χ0v) is 20.0. The minimum Gasteiger partial charge on any atom is -0.497 e. The Hall–Kier alpha value is -2.74. The maximum Gasteiger partial charge on any atom is 0.256 e. The van der Waals surface area contributed by atoms with Crippen LogP contribution in [-0.4, -0.2) is 35.5 Å². The highest BCUT2D eigenvalue weighted by atomic mass is 32.1. The first-order chi connectivity index (χ1) is 15.5. The molecule has 164 valence electrons. The van der Waals surface area contributed by atoms with E-state index in [1.165, 1.54) is 10.4 Å². The molecule has 1 amide bonds. The quantitative estimate of drug-likeness (QED) is 0.391. The van der Waals surface area contributed by atoms with Crippen molar-refractivity contribution in [2.24, 2.45) is 0 Å². The standard InChI is InChI=1S/C25H25N3O2S2/c1-15(2)28-13-12-18-21(14-28)32-25(27-23(29)16-8-10-17(30-3)11-9-16)22(18)24-26-19-6-4-5-7-20(19)31-24/h4-11,15H,12-14H2,1-3H3,(H,27,29). The first-order valence-corrected chi connectivity index (χ1v) is 12.4. The second kappa shape index (κ2) is 8.65. The van der Waals surface area contributed by atoms with Crippen LogP contribution in [0, 0.1) is 0 Å². The molecule has 0 aliphatic carbocycles. The smallest absolute Gasteiger partial charge is 0.256 e. The summed E-state index contributed by atoms with van der Waals surface area (Å²) >= 11 is 3.38. The molecule has 0 atom stereocenters. The van der Waals surface area contributed by atoms with Crippen molar-refractivity contribution in [2.45, 2.75) is 32.9 Å². The molecule has 0 bridgehead atoms. The number of ether oxygens (including phenoxy) is 1. The van der Waals surface area contributed by atoms with Gasteiger partial charge < -0.3 is 10.1 Å². The number of benzene rings is 2. The molecule has 1 aliphatic rings. The van der Waals surface area contributed by atoms with Gasteiger partial charge in [-0.05, 0) is 62.2 Å². The first-order valence-electron chi connectivity index (χ1n) is 10.7. The van der Waals surface area contributed by atoms with Gasteiger partial charge in [-0.3, -0.25) is 9.69 Å². The third kappa shape index (κ3) is 3.92. The SMILES string of the molecule is COc1ccc(C(=O)Nc2sc3c(c2-c2nc4ccccc4s2)CCN(C(C)C)C3)cc1. The number of thiazole rings is 1. The molecule has 0 spiro atoms. The average molecular weight is 464 g/mol. The summed E-state index contributed by atoms with van der Waals surface area (Å²) in [6, 6.07) is 15.9. The van der Waals surface area contributed by atoms with E-state index in [9.17, 15) is 4.79 Å². The number of fused-ring (bicyclic) bond motifs is 2. The van der Waals surface area contributed by atoms with Gasteiger partial charge in [-0.2, -0.15) is 0 Å². The van der Waals surface area contributed by atoms with Gasteiger partial charge in [0.05, 0.1) is 17.3 Å². The highest BCUT2D eigenvalue weighted by molar-refractivity contribution is 7.23. The molecule has 0 fully saturated rings. The first kappa shape index (κ1) is 21.1. The van der Waals surface area contributed by atoms with E-state index in [2.05, 4.69) is 30.1 Å². The van der Waals surface area contributed by atoms with Crippen LogP contribution < -0.4 is 10.1 Å². The maximum absolute atomic E-state index is 13.1. The average Bonchev–Trinajstić information content (AvgIpc) is 3.38. The molecule has 0 unspecified atom stereocenters. The molecule has 0 radical (unpaired) electrons. The van der Waals surface area contributed by atoms with Crippen LogP contribution in [0.3, 0.4) is 0 Å². The molecule has 2 aromatic heterocycles. The lowest BCUT2D eigenvalue weighted by atomic mass is 10.0. The molecular formula is C25H25N3O2S2. The lowest BCUT2D eigenvalue weighted by Gasteiger charge is -2.30. The Morgan fingerprint density at radius 2 is 1.91 bits per heavy atom. The fourth-order valence-electron chi connectivity index (χ4n) is 4.08. The Bertz CT molecular complexity index is 1240. The van der Waals surface area contributed by atoms with Gasteiger partial charge >= 0.3 is 0 Å². The summed E-state index contributed by atoms with van der Waals surface area (Å²) in [4.78, 5) is 21.8. The molecule has 4 aromatic rings. The predicted octanol–water partition coefficient (Wildman–Crippen LogP) is 6.05. The number of rotatable bonds is 5. The third-order valence-corrected chi connectivity index (χ3v) is 8.09. The molecule has 3 heterocycles. The van der Waals surface area contributed by atoms with E-state index in [-0.39, 0.29) is 5.91 Å². The second-order valence-electron chi connectivity index (χ2n) is 8.19. The number of nitrogens with zero attached hydrogens (tertiary/aromatic N) is 2. The fourth-order valence-corrected chi connectivity index (χ4v) is 6.45. The van der Waals surface area contributed by atoms with Gasteiger partial charge in [-0.25, -0.2) is 4.98 Å². The lowest BCUT2D eigenvalue weighted by molar-refractivity contribution is 0.102. The lowest BCUT2D eigenvalue weighted by Crippen LogP contribution is -2.35. The van der Waals surface area contributed by atoms with Crippen LogP contribution in [0.5, 0.6) is 5.75 Å². The zero-order valence-electron chi connectivity index (χ0n) is 18.3. The van der Waals surface area contributed by atoms with Crippen LogP contribution in [0.2, 0.25) is 0 Å². The van der Waals surface area contributed by atoms with Gasteiger partial charge in [0.1, 0.15) is 15.8 Å². The number of nitrogens with one attached hydrogen (secondary N) is 1. The van der Waals surface area contributed by atoms with Crippen molar-refractivity contribution in [3.63, 3.8) is 0 Å². The van der Waals surface area contributed by atoms with Crippen molar-refractivity contribution in [1.29, 1.82) is 0 Å². The van der Waals surface area contributed by atoms with E-state index in [0.29, 0.717) is 11.6 Å². The monoisotopic (exact) mass is 463 g/mol. The molecule has 1 N–H and O–H groups in total. The second-order valence-corrected chi connectivity index (χ2v) is 10.3. The molecule has 0 saturated heterocycles. The summed E-state index contributed by atoms with van der Waals surface area (Å²) in [5, 5.41) is 5.06. The van der Waals surface area contributed by atoms with Crippen molar-refractivity contribution in [3.05, 3.63) is 64.5 Å². The summed E-state index contributed by atoms with van der Waals surface area (Å²) in [6.07, 6.45) is 0.966. The van der Waals surface area contributed by atoms with E-state index in [1.54, 1.807) is 41.9 Å². The summed E-state index contributed by atoms with van der Waals surface area (Å²) in [5.41, 5.74) is 4.03. The topological polar surface area (TPSA) is 54.5 Å². The molecular weight excluding hydrogens is 438 g/mol. The molecule has 2 aromatic carbocycles. The summed E-state index contributed by atoms with van der Waals surface area (Å²) < 4.78 is 6.38. The van der Waals surface area contributed by atoms with E-state index < -0.39 is 0 Å². The number of para-hydroxylation sites is 1. The Morgan fingerprint density at radius 3 is 2.62 bits per heavy atom. The number of amides is 1. The van der Waals surface area contributed by atoms with Gasteiger partial charge in [0.15, 0.2) is 0 Å². The molecule has 5 nitrogen and oxygen atoms in total. The van der Waals surface area contributed by atoms with Crippen molar-refractivity contribution >= 4 is 43.8 Å². The number of carbonyl (C=O) groups is 1. The summed E-state index contributed by atoms with van der Waals surface area (Å²) in [7, 11) is 1.62. The number of carbonyl (C=O) groups excluding carboxylic acids is 1. The molecule has 7 heteroatoms. The minimum absolute atomic E-state index is 0.116. The molecule has 0 saturated carbocycles. The van der Waals surface area contributed by atoms with Crippen molar-refractivity contribution in [2.75, 3.05) is 19.0 Å². The number of aromatic nitrogens is 1. The molecule has 32 heavy (non-hydrogen) atoms. The van der Waals surface area contributed by atoms with E-state index >= 15 is 0 Å². The molecule has 5 rings (SSSR count). The van der Waals surface area contributed by atoms with Gasteiger partial charge in [0.25, 0.3) is 5.91 Å². The number of methoxy groups -OCH3 is 1. The van der Waals surface area contributed by atoms with Crippen molar-refractivity contribution in [1.82, 2.24) is 9.88 Å². The minimum atomic E-state index is -0.116. The van der Waals surface area contributed by atoms with Gasteiger partial charge in [0, 0.05) is 35.1 Å². The van der Waals surface area contributed by atoms with Gasteiger partial charge in [-0.15, -0.1) is 22.7 Å². The van der Waals surface area contributed by atoms with Crippen LogP contribution in [0.15, 0.2) is 48.5 Å². The number of hydrogen-bond donors (Lipinski definition) is 1. The van der Waals surface area contributed by atoms with Crippen LogP contribution in [-0.2, 0) is 13.0 Å². The summed E-state index contributed by atoms with van der Waals surface area (Å²) in [5.74, 6) is 0.617. The Labute approximate surface area is 195 Å². The van der Waals surface area contributed by atoms with E-state index in [1.807, 2.05) is 30.3 Å². The van der Waals surface area contributed by atoms with Crippen molar-refractivity contribution < 1.29 is 9.53 Å². The Balaban J connectivity index is 1.55.